The van der Waals surface area contributed by atoms with Crippen molar-refractivity contribution in [1.29, 1.82) is 0 Å². The molecule has 152 valence electrons. The molecule has 1 saturated heterocycles. The van der Waals surface area contributed by atoms with E-state index in [1.165, 1.54) is 0 Å². The summed E-state index contributed by atoms with van der Waals surface area (Å²) in [5, 5.41) is 3.35. The van der Waals surface area contributed by atoms with Crippen molar-refractivity contribution in [3.8, 4) is 5.88 Å². The molecule has 7 nitrogen and oxygen atoms in total. The van der Waals surface area contributed by atoms with Crippen LogP contribution in [0.3, 0.4) is 0 Å². The van der Waals surface area contributed by atoms with E-state index < -0.39 is 0 Å². The molecule has 1 fully saturated rings. The Morgan fingerprint density at radius 3 is 2.67 bits per heavy atom. The van der Waals surface area contributed by atoms with Gasteiger partial charge in [-0.05, 0) is 33.8 Å². The summed E-state index contributed by atoms with van der Waals surface area (Å²) in [6.45, 7) is 10.1. The van der Waals surface area contributed by atoms with Crippen LogP contribution >= 0.6 is 24.0 Å². The fraction of sp³-hybridized carbons (Fsp3) is 0.632. The summed E-state index contributed by atoms with van der Waals surface area (Å²) in [6.07, 6.45) is 0.750. The fourth-order valence-corrected chi connectivity index (χ4v) is 3.66. The molecule has 2 rings (SSSR count). The first-order valence-corrected chi connectivity index (χ1v) is 9.06. The number of aliphatic imine (C=N–C) groups is 1. The Morgan fingerprint density at radius 1 is 1.41 bits per heavy atom. The van der Waals surface area contributed by atoms with Gasteiger partial charge in [-0.15, -0.1) is 24.0 Å². The zero-order chi connectivity index (χ0) is 19.3. The maximum atomic E-state index is 12.6. The van der Waals surface area contributed by atoms with Crippen LogP contribution in [0.4, 0.5) is 0 Å². The normalized spacial score (nSPS) is 17.0. The van der Waals surface area contributed by atoms with Gasteiger partial charge >= 0.3 is 0 Å². The molecule has 1 aliphatic rings. The van der Waals surface area contributed by atoms with Gasteiger partial charge in [0.15, 0.2) is 5.96 Å². The molecule has 0 unspecified atom stereocenters. The van der Waals surface area contributed by atoms with E-state index in [4.69, 9.17) is 4.74 Å². The number of guanidine groups is 1. The second-order valence-electron chi connectivity index (χ2n) is 7.42. The predicted molar refractivity (Wildman–Crippen MR) is 119 cm³/mol. The number of pyridine rings is 1. The Bertz CT molecular complexity index is 663. The predicted octanol–water partition coefficient (Wildman–Crippen LogP) is 2.16. The van der Waals surface area contributed by atoms with Gasteiger partial charge < -0.3 is 19.9 Å². The van der Waals surface area contributed by atoms with Crippen LogP contribution in [0.2, 0.25) is 0 Å². The van der Waals surface area contributed by atoms with E-state index in [-0.39, 0.29) is 41.5 Å². The number of rotatable bonds is 5. The number of amides is 1. The highest BCUT2D eigenvalue weighted by atomic mass is 127. The zero-order valence-corrected chi connectivity index (χ0v) is 19.5. The van der Waals surface area contributed by atoms with E-state index in [1.807, 2.05) is 28.0 Å². The summed E-state index contributed by atoms with van der Waals surface area (Å²) < 4.78 is 5.16. The van der Waals surface area contributed by atoms with Crippen LogP contribution in [-0.2, 0) is 11.2 Å². The highest BCUT2D eigenvalue weighted by Crippen LogP contribution is 2.24. The largest absolute Gasteiger partial charge is 0.481 e. The monoisotopic (exact) mass is 489 g/mol. The summed E-state index contributed by atoms with van der Waals surface area (Å²) in [4.78, 5) is 25.4. The van der Waals surface area contributed by atoms with Crippen molar-refractivity contribution in [2.75, 3.05) is 33.8 Å². The molecule has 0 aromatic carbocycles. The summed E-state index contributed by atoms with van der Waals surface area (Å²) in [6, 6.07) is 5.93. The zero-order valence-electron chi connectivity index (χ0n) is 17.2. The van der Waals surface area contributed by atoms with Crippen LogP contribution in [0.25, 0.3) is 0 Å². The van der Waals surface area contributed by atoms with Crippen molar-refractivity contribution in [1.82, 2.24) is 20.1 Å². The van der Waals surface area contributed by atoms with Crippen LogP contribution in [0.1, 0.15) is 33.4 Å². The van der Waals surface area contributed by atoms with Crippen LogP contribution in [0, 0.1) is 0 Å². The topological polar surface area (TPSA) is 70.1 Å². The highest BCUT2D eigenvalue weighted by molar-refractivity contribution is 14.0. The van der Waals surface area contributed by atoms with Crippen LogP contribution in [-0.4, -0.2) is 72.0 Å². The first-order valence-electron chi connectivity index (χ1n) is 9.06. The fourth-order valence-electron chi connectivity index (χ4n) is 3.66. The third-order valence-corrected chi connectivity index (χ3v) is 4.51. The van der Waals surface area contributed by atoms with E-state index in [0.717, 1.165) is 24.6 Å². The van der Waals surface area contributed by atoms with Gasteiger partial charge in [0.2, 0.25) is 11.8 Å². The molecular weight excluding hydrogens is 457 g/mol. The smallest absolute Gasteiger partial charge is 0.242 e. The van der Waals surface area contributed by atoms with Crippen LogP contribution in [0.5, 0.6) is 5.88 Å². The number of carbonyl (C=O) groups is 1. The Morgan fingerprint density at radius 2 is 2.11 bits per heavy atom. The van der Waals surface area contributed by atoms with E-state index in [2.05, 4.69) is 43.0 Å². The van der Waals surface area contributed by atoms with Crippen molar-refractivity contribution in [2.45, 2.75) is 45.7 Å². The van der Waals surface area contributed by atoms with Gasteiger partial charge in [-0.2, -0.15) is 0 Å². The number of nitrogens with zero attached hydrogens (tertiary/aromatic N) is 4. The van der Waals surface area contributed by atoms with E-state index >= 15 is 0 Å². The third kappa shape index (κ3) is 5.95. The van der Waals surface area contributed by atoms with Crippen molar-refractivity contribution >= 4 is 35.8 Å². The molecule has 1 N–H and O–H groups in total. The Kier molecular flexibility index (Phi) is 8.77. The van der Waals surface area contributed by atoms with Crippen molar-refractivity contribution in [3.05, 3.63) is 23.9 Å². The summed E-state index contributed by atoms with van der Waals surface area (Å²) in [5.74, 6) is 1.50. The number of halogens is 1. The van der Waals surface area contributed by atoms with Crippen molar-refractivity contribution in [3.63, 3.8) is 0 Å². The van der Waals surface area contributed by atoms with Gasteiger partial charge in [0.1, 0.15) is 0 Å². The molecule has 1 aliphatic heterocycles. The van der Waals surface area contributed by atoms with Gasteiger partial charge in [-0.3, -0.25) is 9.79 Å². The number of methoxy groups -OCH3 is 1. The number of piperazine rings is 1. The number of ether oxygens (including phenoxy) is 1. The highest BCUT2D eigenvalue weighted by Gasteiger charge is 2.40. The van der Waals surface area contributed by atoms with Gasteiger partial charge in [-0.1, -0.05) is 6.07 Å². The lowest BCUT2D eigenvalue weighted by Gasteiger charge is -2.49. The average Bonchev–Trinajstić information content (AvgIpc) is 2.57. The minimum atomic E-state index is -0.241. The van der Waals surface area contributed by atoms with Crippen molar-refractivity contribution < 1.29 is 9.53 Å². The summed E-state index contributed by atoms with van der Waals surface area (Å²) in [7, 11) is 3.36. The van der Waals surface area contributed by atoms with Gasteiger partial charge in [-0.25, -0.2) is 4.98 Å². The molecule has 27 heavy (non-hydrogen) atoms. The van der Waals surface area contributed by atoms with Crippen LogP contribution in [0.15, 0.2) is 23.2 Å². The quantitative estimate of drug-likeness (QED) is 0.390. The second kappa shape index (κ2) is 10.1. The molecule has 2 heterocycles. The maximum absolute atomic E-state index is 12.6. The van der Waals surface area contributed by atoms with Gasteiger partial charge in [0.25, 0.3) is 0 Å². The molecule has 0 bridgehead atoms. The third-order valence-electron chi connectivity index (χ3n) is 4.51. The molecule has 1 amide bonds. The van der Waals surface area contributed by atoms with Crippen molar-refractivity contribution in [2.24, 2.45) is 4.99 Å². The molecule has 0 aliphatic carbocycles. The molecular formula is C19H32IN5O2. The molecule has 1 aromatic heterocycles. The Hall–Kier alpha value is -1.58. The standard InChI is InChI=1S/C19H31N5O2.HI/c1-14(2)24-17(25)12-23(13-19(24,3)4)18(20-5)21-11-10-15-8-7-9-16(22-15)26-6;/h7-9,14H,10-13H2,1-6H3,(H,20,21);1H. The molecule has 0 spiro atoms. The molecule has 0 atom stereocenters. The number of nitrogens with one attached hydrogen (secondary N) is 1. The second-order valence-corrected chi connectivity index (χ2v) is 7.42. The first kappa shape index (κ1) is 23.5. The van der Waals surface area contributed by atoms with Gasteiger partial charge in [0, 0.05) is 44.4 Å². The average molecular weight is 489 g/mol. The van der Waals surface area contributed by atoms with Crippen LogP contribution < -0.4 is 10.1 Å². The summed E-state index contributed by atoms with van der Waals surface area (Å²) in [5.41, 5.74) is 0.712. The number of carbonyl (C=O) groups excluding carboxylic acids is 1. The summed E-state index contributed by atoms with van der Waals surface area (Å²) >= 11 is 0. The molecule has 8 heteroatoms. The Balaban J connectivity index is 0.00000364. The SMILES string of the molecule is CN=C(NCCc1cccc(OC)n1)N1CC(=O)N(C(C)C)C(C)(C)C1.I. The first-order chi connectivity index (χ1) is 12.3. The molecule has 1 aromatic rings. The minimum absolute atomic E-state index is 0. The van der Waals surface area contributed by atoms with E-state index in [0.29, 0.717) is 19.0 Å². The number of aromatic nitrogens is 1. The van der Waals surface area contributed by atoms with E-state index in [1.54, 1.807) is 14.2 Å². The lowest BCUT2D eigenvalue weighted by Crippen LogP contribution is -2.66. The number of hydrogen-bond acceptors (Lipinski definition) is 4. The minimum Gasteiger partial charge on any atom is -0.481 e. The number of hydrogen-bond donors (Lipinski definition) is 1. The Labute approximate surface area is 179 Å². The molecule has 0 saturated carbocycles. The molecule has 0 radical (unpaired) electrons. The lowest BCUT2D eigenvalue weighted by molar-refractivity contribution is -0.145. The van der Waals surface area contributed by atoms with E-state index in [9.17, 15) is 4.79 Å². The lowest BCUT2D eigenvalue weighted by atomic mass is 9.96. The van der Waals surface area contributed by atoms with Gasteiger partial charge in [0.05, 0.1) is 19.2 Å². The maximum Gasteiger partial charge on any atom is 0.242 e.